The van der Waals surface area contributed by atoms with Crippen LogP contribution < -0.4 is 10.0 Å². The van der Waals surface area contributed by atoms with Gasteiger partial charge in [0, 0.05) is 38.8 Å². The number of nitrogens with zero attached hydrogens (tertiary/aromatic N) is 1. The van der Waals surface area contributed by atoms with Gasteiger partial charge in [0.15, 0.2) is 0 Å². The van der Waals surface area contributed by atoms with Gasteiger partial charge in [0.05, 0.1) is 5.75 Å². The van der Waals surface area contributed by atoms with Crippen molar-refractivity contribution in [3.05, 3.63) is 0 Å². The van der Waals surface area contributed by atoms with Crippen LogP contribution in [0.5, 0.6) is 0 Å². The third-order valence-electron chi connectivity index (χ3n) is 3.17. The summed E-state index contributed by atoms with van der Waals surface area (Å²) in [6.45, 7) is 8.49. The Kier molecular flexibility index (Phi) is 8.32. The second kappa shape index (κ2) is 9.18. The number of hydrogen-bond acceptors (Lipinski definition) is 5. The van der Waals surface area contributed by atoms with Crippen molar-refractivity contribution >= 4 is 21.8 Å². The molecular weight excluding hydrogens is 282 g/mol. The fourth-order valence-corrected chi connectivity index (χ4v) is 4.17. The van der Waals surface area contributed by atoms with Crippen LogP contribution in [-0.2, 0) is 10.0 Å². The van der Waals surface area contributed by atoms with Crippen LogP contribution in [0.4, 0.5) is 0 Å². The van der Waals surface area contributed by atoms with Gasteiger partial charge < -0.3 is 5.32 Å². The number of sulfonamides is 1. The molecule has 1 heterocycles. The molecule has 0 aromatic heterocycles. The fourth-order valence-electron chi connectivity index (χ4n) is 2.01. The lowest BCUT2D eigenvalue weighted by Crippen LogP contribution is -2.46. The first kappa shape index (κ1) is 17.2. The summed E-state index contributed by atoms with van der Waals surface area (Å²) in [5.41, 5.74) is 0. The van der Waals surface area contributed by atoms with Crippen LogP contribution in [0.15, 0.2) is 0 Å². The molecule has 1 atom stereocenters. The molecule has 1 rings (SSSR count). The van der Waals surface area contributed by atoms with Crippen molar-refractivity contribution in [2.24, 2.45) is 0 Å². The molecule has 0 saturated carbocycles. The Hall–Kier alpha value is 0.180. The van der Waals surface area contributed by atoms with Crippen molar-refractivity contribution in [3.63, 3.8) is 0 Å². The number of hydrogen-bond donors (Lipinski definition) is 2. The zero-order chi connectivity index (χ0) is 14.1. The average Bonchev–Trinajstić information content (AvgIpc) is 2.37. The van der Waals surface area contributed by atoms with E-state index in [-0.39, 0.29) is 11.8 Å². The van der Waals surface area contributed by atoms with E-state index in [1.165, 1.54) is 0 Å². The lowest BCUT2D eigenvalue weighted by Gasteiger charge is -2.27. The van der Waals surface area contributed by atoms with E-state index in [1.807, 2.05) is 18.7 Å². The Balaban J connectivity index is 2.22. The largest absolute Gasteiger partial charge is 0.314 e. The minimum Gasteiger partial charge on any atom is -0.314 e. The Bertz CT molecular complexity index is 330. The van der Waals surface area contributed by atoms with Crippen LogP contribution in [0, 0.1) is 0 Å². The molecule has 1 unspecified atom stereocenters. The summed E-state index contributed by atoms with van der Waals surface area (Å²) < 4.78 is 26.7. The predicted octanol–water partition coefficient (Wildman–Crippen LogP) is 0.343. The van der Waals surface area contributed by atoms with Crippen LogP contribution in [0.25, 0.3) is 0 Å². The molecule has 114 valence electrons. The third kappa shape index (κ3) is 8.14. The molecule has 1 fully saturated rings. The molecule has 19 heavy (non-hydrogen) atoms. The highest BCUT2D eigenvalue weighted by Gasteiger charge is 2.17. The molecule has 0 amide bonds. The molecule has 1 saturated heterocycles. The highest BCUT2D eigenvalue weighted by molar-refractivity contribution is 7.99. The quantitative estimate of drug-likeness (QED) is 0.602. The summed E-state index contributed by atoms with van der Waals surface area (Å²) in [4.78, 5) is 2.20. The van der Waals surface area contributed by atoms with Crippen LogP contribution in [-0.4, -0.2) is 69.3 Å². The monoisotopic (exact) mass is 309 g/mol. The first-order valence-electron chi connectivity index (χ1n) is 7.04. The lowest BCUT2D eigenvalue weighted by molar-refractivity contribution is 0.253. The van der Waals surface area contributed by atoms with Gasteiger partial charge in [-0.25, -0.2) is 13.1 Å². The SMILES string of the molecule is CCSCCC(C)NS(=O)(=O)CCN1CCNCC1. The van der Waals surface area contributed by atoms with E-state index in [4.69, 9.17) is 0 Å². The number of rotatable bonds is 9. The van der Waals surface area contributed by atoms with Crippen molar-refractivity contribution in [2.75, 3.05) is 50.0 Å². The number of thioether (sulfide) groups is 1. The van der Waals surface area contributed by atoms with Crippen molar-refractivity contribution in [2.45, 2.75) is 26.3 Å². The van der Waals surface area contributed by atoms with Crippen LogP contribution in [0.3, 0.4) is 0 Å². The van der Waals surface area contributed by atoms with Gasteiger partial charge in [-0.15, -0.1) is 0 Å². The summed E-state index contributed by atoms with van der Waals surface area (Å²) in [7, 11) is -3.14. The highest BCUT2D eigenvalue weighted by atomic mass is 32.2. The maximum Gasteiger partial charge on any atom is 0.213 e. The van der Waals surface area contributed by atoms with Crippen molar-refractivity contribution in [1.29, 1.82) is 0 Å². The van der Waals surface area contributed by atoms with Gasteiger partial charge in [0.1, 0.15) is 0 Å². The maximum absolute atomic E-state index is 12.0. The van der Waals surface area contributed by atoms with Gasteiger partial charge in [0.25, 0.3) is 0 Å². The minimum absolute atomic E-state index is 0.0343. The third-order valence-corrected chi connectivity index (χ3v) is 5.58. The molecular formula is C12H27N3O2S2. The summed E-state index contributed by atoms with van der Waals surface area (Å²) in [5.74, 6) is 2.30. The highest BCUT2D eigenvalue weighted by Crippen LogP contribution is 2.05. The molecule has 0 aromatic carbocycles. The Labute approximate surface area is 121 Å². The van der Waals surface area contributed by atoms with Gasteiger partial charge in [-0.3, -0.25) is 4.90 Å². The predicted molar refractivity (Wildman–Crippen MR) is 83.3 cm³/mol. The van der Waals surface area contributed by atoms with E-state index >= 15 is 0 Å². The first-order chi connectivity index (χ1) is 9.03. The average molecular weight is 310 g/mol. The van der Waals surface area contributed by atoms with E-state index in [9.17, 15) is 8.42 Å². The molecule has 0 spiro atoms. The number of nitrogens with one attached hydrogen (secondary N) is 2. The van der Waals surface area contributed by atoms with Crippen LogP contribution >= 0.6 is 11.8 Å². The normalized spacial score (nSPS) is 19.5. The minimum atomic E-state index is -3.14. The van der Waals surface area contributed by atoms with Crippen molar-refractivity contribution in [3.8, 4) is 0 Å². The molecule has 1 aliphatic heterocycles. The Morgan fingerprint density at radius 2 is 2.05 bits per heavy atom. The molecule has 0 aliphatic carbocycles. The van der Waals surface area contributed by atoms with Gasteiger partial charge in [0.2, 0.25) is 10.0 Å². The van der Waals surface area contributed by atoms with E-state index in [0.717, 1.165) is 44.1 Å². The molecule has 0 radical (unpaired) electrons. The molecule has 0 bridgehead atoms. The smallest absolute Gasteiger partial charge is 0.213 e. The molecule has 1 aliphatic rings. The molecule has 5 nitrogen and oxygen atoms in total. The molecule has 0 aromatic rings. The standard InChI is InChI=1S/C12H27N3O2S2/c1-3-18-10-4-12(2)14-19(16,17)11-9-15-7-5-13-6-8-15/h12-14H,3-11H2,1-2H3. The van der Waals surface area contributed by atoms with Gasteiger partial charge in [-0.05, 0) is 24.9 Å². The second-order valence-corrected chi connectivity index (χ2v) is 8.18. The van der Waals surface area contributed by atoms with E-state index < -0.39 is 10.0 Å². The van der Waals surface area contributed by atoms with E-state index in [1.54, 1.807) is 0 Å². The van der Waals surface area contributed by atoms with Crippen LogP contribution in [0.2, 0.25) is 0 Å². The maximum atomic E-state index is 12.0. The lowest BCUT2D eigenvalue weighted by atomic mass is 10.3. The van der Waals surface area contributed by atoms with E-state index in [0.29, 0.717) is 6.54 Å². The summed E-state index contributed by atoms with van der Waals surface area (Å²) >= 11 is 1.85. The van der Waals surface area contributed by atoms with E-state index in [2.05, 4.69) is 21.9 Å². The fraction of sp³-hybridized carbons (Fsp3) is 1.00. The first-order valence-corrected chi connectivity index (χ1v) is 9.85. The second-order valence-electron chi connectivity index (χ2n) is 4.92. The number of piperazine rings is 1. The zero-order valence-electron chi connectivity index (χ0n) is 12.0. The zero-order valence-corrected chi connectivity index (χ0v) is 13.7. The molecule has 7 heteroatoms. The van der Waals surface area contributed by atoms with Gasteiger partial charge in [-0.2, -0.15) is 11.8 Å². The van der Waals surface area contributed by atoms with Crippen molar-refractivity contribution in [1.82, 2.24) is 14.9 Å². The van der Waals surface area contributed by atoms with Gasteiger partial charge >= 0.3 is 0 Å². The molecule has 2 N–H and O–H groups in total. The Morgan fingerprint density at radius 3 is 2.68 bits per heavy atom. The summed E-state index contributed by atoms with van der Waals surface area (Å²) in [6, 6.07) is 0.0343. The Morgan fingerprint density at radius 1 is 1.37 bits per heavy atom. The van der Waals surface area contributed by atoms with Crippen molar-refractivity contribution < 1.29 is 8.42 Å². The topological polar surface area (TPSA) is 61.4 Å². The summed E-state index contributed by atoms with van der Waals surface area (Å²) in [6.07, 6.45) is 0.894. The summed E-state index contributed by atoms with van der Waals surface area (Å²) in [5, 5.41) is 3.26. The van der Waals surface area contributed by atoms with Gasteiger partial charge in [-0.1, -0.05) is 6.92 Å². The van der Waals surface area contributed by atoms with Crippen LogP contribution in [0.1, 0.15) is 20.3 Å².